The fraction of sp³-hybridized carbons (Fsp3) is 0.560. The summed E-state index contributed by atoms with van der Waals surface area (Å²) in [6.45, 7) is 7.51. The van der Waals surface area contributed by atoms with Crippen LogP contribution in [0.1, 0.15) is 63.0 Å². The highest BCUT2D eigenvalue weighted by Crippen LogP contribution is 2.51. The third-order valence-corrected chi connectivity index (χ3v) is 6.32. The number of aliphatic hydroxyl groups is 4. The molecule has 32 heavy (non-hydrogen) atoms. The summed E-state index contributed by atoms with van der Waals surface area (Å²) in [6.07, 6.45) is 2.32. The Morgan fingerprint density at radius 1 is 1.28 bits per heavy atom. The molecule has 5 atom stereocenters. The first-order chi connectivity index (χ1) is 15.3. The molecule has 1 heterocycles. The maximum Gasteiger partial charge on any atom is 0.343 e. The van der Waals surface area contributed by atoms with Crippen molar-refractivity contribution in [2.45, 2.75) is 76.6 Å². The van der Waals surface area contributed by atoms with E-state index in [4.69, 9.17) is 14.6 Å². The molecule has 0 bridgehead atoms. The van der Waals surface area contributed by atoms with Crippen LogP contribution in [0.4, 0.5) is 0 Å². The second-order valence-electron chi connectivity index (χ2n) is 8.82. The van der Waals surface area contributed by atoms with Crippen LogP contribution in [0.3, 0.4) is 0 Å². The molecule has 2 aliphatic rings. The molecule has 0 amide bonds. The molecular formula is C25H34O7. The summed E-state index contributed by atoms with van der Waals surface area (Å²) in [4.78, 5) is 12.6. The van der Waals surface area contributed by atoms with Crippen LogP contribution in [-0.4, -0.2) is 51.3 Å². The Morgan fingerprint density at radius 2 is 2.03 bits per heavy atom. The van der Waals surface area contributed by atoms with Crippen LogP contribution < -0.4 is 9.47 Å². The number of carbonyl (C=O) groups is 1. The van der Waals surface area contributed by atoms with Crippen LogP contribution in [0, 0.1) is 5.92 Å². The molecule has 7 heteroatoms. The van der Waals surface area contributed by atoms with Crippen LogP contribution in [0.2, 0.25) is 0 Å². The molecule has 1 aromatic carbocycles. The van der Waals surface area contributed by atoms with Crippen molar-refractivity contribution >= 4 is 5.97 Å². The number of ether oxygens (including phenoxy) is 2. The van der Waals surface area contributed by atoms with E-state index in [0.29, 0.717) is 11.5 Å². The van der Waals surface area contributed by atoms with Gasteiger partial charge in [-0.2, -0.15) is 0 Å². The van der Waals surface area contributed by atoms with Gasteiger partial charge in [0, 0.05) is 17.4 Å². The number of carbonyl (C=O) groups excluding carboxylic acids is 1. The van der Waals surface area contributed by atoms with Crippen LogP contribution in [0.15, 0.2) is 36.1 Å². The fourth-order valence-electron chi connectivity index (χ4n) is 4.43. The fourth-order valence-corrected chi connectivity index (χ4v) is 4.43. The molecule has 3 rings (SSSR count). The largest absolute Gasteiger partial charge is 0.462 e. The third-order valence-electron chi connectivity index (χ3n) is 6.32. The summed E-state index contributed by atoms with van der Waals surface area (Å²) < 4.78 is 11.6. The van der Waals surface area contributed by atoms with Gasteiger partial charge in [0.2, 0.25) is 0 Å². The molecule has 0 radical (unpaired) electrons. The number of allylic oxidation sites excluding steroid dienone is 3. The molecule has 1 aromatic rings. The predicted molar refractivity (Wildman–Crippen MR) is 119 cm³/mol. The lowest BCUT2D eigenvalue weighted by atomic mass is 9.74. The Labute approximate surface area is 189 Å². The number of aliphatic hydroxyl groups excluding tert-OH is 4. The van der Waals surface area contributed by atoms with Crippen LogP contribution in [-0.2, 0) is 11.2 Å². The minimum Gasteiger partial charge on any atom is -0.462 e. The van der Waals surface area contributed by atoms with Crippen molar-refractivity contribution < 1.29 is 34.7 Å². The minimum absolute atomic E-state index is 0.0568. The predicted octanol–water partition coefficient (Wildman–Crippen LogP) is 2.75. The highest BCUT2D eigenvalue weighted by molar-refractivity contribution is 5.78. The van der Waals surface area contributed by atoms with Crippen molar-refractivity contribution in [3.05, 3.63) is 47.2 Å². The Morgan fingerprint density at radius 3 is 2.72 bits per heavy atom. The summed E-state index contributed by atoms with van der Waals surface area (Å²) in [5, 5.41) is 38.7. The van der Waals surface area contributed by atoms with Gasteiger partial charge < -0.3 is 29.9 Å². The first kappa shape index (κ1) is 24.5. The maximum atomic E-state index is 12.6. The van der Waals surface area contributed by atoms with E-state index >= 15 is 0 Å². The van der Waals surface area contributed by atoms with Gasteiger partial charge >= 0.3 is 5.97 Å². The van der Waals surface area contributed by atoms with E-state index in [9.17, 15) is 20.1 Å². The van der Waals surface area contributed by atoms with Crippen LogP contribution in [0.5, 0.6) is 11.5 Å². The Bertz CT molecular complexity index is 875. The summed E-state index contributed by atoms with van der Waals surface area (Å²) in [7, 11) is 0. The van der Waals surface area contributed by atoms with Crippen molar-refractivity contribution in [3.63, 3.8) is 0 Å². The zero-order chi connectivity index (χ0) is 23.4. The molecule has 0 saturated heterocycles. The van der Waals surface area contributed by atoms with Gasteiger partial charge in [-0.3, -0.25) is 0 Å². The average molecular weight is 447 g/mol. The average Bonchev–Trinajstić information content (AvgIpc) is 2.77. The van der Waals surface area contributed by atoms with Crippen LogP contribution in [0.25, 0.3) is 0 Å². The van der Waals surface area contributed by atoms with E-state index in [0.717, 1.165) is 49.7 Å². The van der Waals surface area contributed by atoms with E-state index in [2.05, 4.69) is 26.5 Å². The van der Waals surface area contributed by atoms with Gasteiger partial charge in [0.15, 0.2) is 6.10 Å². The van der Waals surface area contributed by atoms with Crippen molar-refractivity contribution in [1.29, 1.82) is 0 Å². The summed E-state index contributed by atoms with van der Waals surface area (Å²) in [5.41, 5.74) is 2.89. The normalized spacial score (nSPS) is 22.7. The van der Waals surface area contributed by atoms with Crippen LogP contribution >= 0.6 is 0 Å². The number of unbranched alkanes of at least 4 members (excludes halogenated alkanes) is 2. The van der Waals surface area contributed by atoms with Gasteiger partial charge in [-0.25, -0.2) is 4.79 Å². The molecule has 7 nitrogen and oxygen atoms in total. The molecule has 176 valence electrons. The molecule has 0 unspecified atom stereocenters. The van der Waals surface area contributed by atoms with Gasteiger partial charge in [-0.15, -0.1) is 0 Å². The lowest BCUT2D eigenvalue weighted by Gasteiger charge is -2.37. The Kier molecular flexibility index (Phi) is 8.11. The second kappa shape index (κ2) is 10.6. The number of esters is 1. The number of aryl methyl sites for hydroxylation is 1. The highest BCUT2D eigenvalue weighted by atomic mass is 16.6. The van der Waals surface area contributed by atoms with Gasteiger partial charge in [0.1, 0.15) is 29.5 Å². The first-order valence-electron chi connectivity index (χ1n) is 11.3. The van der Waals surface area contributed by atoms with E-state index in [1.807, 2.05) is 6.07 Å². The molecule has 0 saturated carbocycles. The number of fused-ring (bicyclic) bond motifs is 3. The summed E-state index contributed by atoms with van der Waals surface area (Å²) >= 11 is 0. The summed E-state index contributed by atoms with van der Waals surface area (Å²) in [6, 6.07) is 3.75. The zero-order valence-corrected chi connectivity index (χ0v) is 18.8. The van der Waals surface area contributed by atoms with Crippen molar-refractivity contribution in [2.75, 3.05) is 6.61 Å². The molecule has 0 fully saturated rings. The van der Waals surface area contributed by atoms with Gasteiger partial charge in [0.05, 0.1) is 6.61 Å². The SMILES string of the molecule is C=C1Oc2cc(CCCCC)cc(OC(=O)[C@H](O)[C@H](O)[C@H](O)CO)c2[C@@H]2C=C(C)CC[C@@H]12. The van der Waals surface area contributed by atoms with Gasteiger partial charge in [-0.05, 0) is 50.3 Å². The standard InChI is InChI=1S/C25H34O7/c1-4-5-6-7-16-11-20-22(18-10-14(2)8-9-17(18)15(3)31-20)21(12-16)32-25(30)24(29)23(28)19(27)13-26/h10-12,17-19,23-24,26-29H,3-9,13H2,1-2H3/t17-,18+,19+,23+,24+/m0/s1. The molecule has 1 aliphatic carbocycles. The monoisotopic (exact) mass is 446 g/mol. The molecule has 1 aliphatic heterocycles. The second-order valence-corrected chi connectivity index (χ2v) is 8.82. The lowest BCUT2D eigenvalue weighted by molar-refractivity contribution is -0.156. The zero-order valence-electron chi connectivity index (χ0n) is 18.8. The first-order valence-corrected chi connectivity index (χ1v) is 11.3. The smallest absolute Gasteiger partial charge is 0.343 e. The van der Waals surface area contributed by atoms with Gasteiger partial charge in [-0.1, -0.05) is 38.0 Å². The molecular weight excluding hydrogens is 412 g/mol. The Balaban J connectivity index is 1.98. The molecule has 0 aromatic heterocycles. The minimum atomic E-state index is -2.00. The summed E-state index contributed by atoms with van der Waals surface area (Å²) in [5.74, 6) is 0.437. The molecule has 0 spiro atoms. The van der Waals surface area contributed by atoms with Gasteiger partial charge in [0.25, 0.3) is 0 Å². The quantitative estimate of drug-likeness (QED) is 0.199. The Hall–Kier alpha value is -2.19. The van der Waals surface area contributed by atoms with Crippen molar-refractivity contribution in [3.8, 4) is 11.5 Å². The van der Waals surface area contributed by atoms with Crippen molar-refractivity contribution in [2.24, 2.45) is 5.92 Å². The lowest BCUT2D eigenvalue weighted by Crippen LogP contribution is -2.45. The van der Waals surface area contributed by atoms with E-state index in [1.54, 1.807) is 6.07 Å². The number of rotatable bonds is 9. The van der Waals surface area contributed by atoms with E-state index < -0.39 is 30.9 Å². The third kappa shape index (κ3) is 5.23. The van der Waals surface area contributed by atoms with Crippen molar-refractivity contribution in [1.82, 2.24) is 0 Å². The number of benzene rings is 1. The van der Waals surface area contributed by atoms with E-state index in [-0.39, 0.29) is 17.6 Å². The number of hydrogen-bond donors (Lipinski definition) is 4. The number of hydrogen-bond acceptors (Lipinski definition) is 7. The molecule has 4 N–H and O–H groups in total. The highest BCUT2D eigenvalue weighted by Gasteiger charge is 2.39. The van der Waals surface area contributed by atoms with E-state index in [1.165, 1.54) is 5.57 Å². The topological polar surface area (TPSA) is 116 Å². The maximum absolute atomic E-state index is 12.6.